The van der Waals surface area contributed by atoms with Crippen LogP contribution in [0, 0.1) is 3.57 Å². The third kappa shape index (κ3) is 3.13. The minimum atomic E-state index is -3.73. The first-order valence-corrected chi connectivity index (χ1v) is 8.41. The van der Waals surface area contributed by atoms with Gasteiger partial charge in [-0.15, -0.1) is 0 Å². The van der Waals surface area contributed by atoms with Crippen LogP contribution in [-0.4, -0.2) is 51.6 Å². The normalized spacial score (nSPS) is 20.6. The second-order valence-electron chi connectivity index (χ2n) is 4.18. The summed E-state index contributed by atoms with van der Waals surface area (Å²) in [6.45, 7) is 0.404. The quantitative estimate of drug-likeness (QED) is 0.545. The van der Waals surface area contributed by atoms with Crippen molar-refractivity contribution in [1.29, 1.82) is 0 Å². The highest BCUT2D eigenvalue weighted by atomic mass is 127. The van der Waals surface area contributed by atoms with Gasteiger partial charge in [-0.3, -0.25) is 4.79 Å². The van der Waals surface area contributed by atoms with E-state index in [0.717, 1.165) is 7.88 Å². The van der Waals surface area contributed by atoms with Gasteiger partial charge in [0.1, 0.15) is 6.04 Å². The number of sulfonamides is 1. The summed E-state index contributed by atoms with van der Waals surface area (Å²) in [5.41, 5.74) is 0. The van der Waals surface area contributed by atoms with Crippen molar-refractivity contribution in [2.45, 2.75) is 10.9 Å². The highest BCUT2D eigenvalue weighted by Crippen LogP contribution is 2.22. The number of esters is 1. The number of carbonyl (C=O) groups is 1. The maximum atomic E-state index is 12.6. The molecule has 0 amide bonds. The standard InChI is InChI=1S/C12H14INO5S/c1-18-12(15)11-8-19-7-6-14(11)20(16,17)10-4-2-9(13)3-5-10/h2-5,11H,6-8H2,1H3. The fourth-order valence-corrected chi connectivity index (χ4v) is 3.85. The second-order valence-corrected chi connectivity index (χ2v) is 7.32. The highest BCUT2D eigenvalue weighted by Gasteiger charge is 2.38. The Labute approximate surface area is 131 Å². The zero-order valence-corrected chi connectivity index (χ0v) is 13.8. The van der Waals surface area contributed by atoms with Crippen LogP contribution in [0.3, 0.4) is 0 Å². The number of nitrogens with zero attached hydrogens (tertiary/aromatic N) is 1. The molecule has 0 aliphatic carbocycles. The third-order valence-corrected chi connectivity index (χ3v) is 5.61. The summed E-state index contributed by atoms with van der Waals surface area (Å²) < 4.78 is 37.1. The topological polar surface area (TPSA) is 72.9 Å². The molecule has 1 atom stereocenters. The van der Waals surface area contributed by atoms with Crippen molar-refractivity contribution >= 4 is 38.6 Å². The summed E-state index contributed by atoms with van der Waals surface area (Å²) >= 11 is 2.10. The number of ether oxygens (including phenoxy) is 2. The van der Waals surface area contributed by atoms with Crippen LogP contribution in [0.15, 0.2) is 29.2 Å². The Hall–Kier alpha value is -0.710. The van der Waals surface area contributed by atoms with E-state index < -0.39 is 22.0 Å². The Morgan fingerprint density at radius 3 is 2.65 bits per heavy atom. The Morgan fingerprint density at radius 2 is 2.05 bits per heavy atom. The van der Waals surface area contributed by atoms with Crippen molar-refractivity contribution in [2.24, 2.45) is 0 Å². The molecule has 1 aromatic rings. The summed E-state index contributed by atoms with van der Waals surface area (Å²) in [7, 11) is -2.51. The van der Waals surface area contributed by atoms with E-state index >= 15 is 0 Å². The Bertz CT molecular complexity index is 586. The lowest BCUT2D eigenvalue weighted by Crippen LogP contribution is -2.52. The van der Waals surface area contributed by atoms with Gasteiger partial charge in [0, 0.05) is 10.1 Å². The number of hydrogen-bond acceptors (Lipinski definition) is 5. The smallest absolute Gasteiger partial charge is 0.326 e. The molecule has 0 spiro atoms. The van der Waals surface area contributed by atoms with E-state index in [2.05, 4.69) is 27.3 Å². The average molecular weight is 411 g/mol. The molecule has 0 bridgehead atoms. The Morgan fingerprint density at radius 1 is 1.40 bits per heavy atom. The summed E-state index contributed by atoms with van der Waals surface area (Å²) in [5, 5.41) is 0. The molecule has 0 radical (unpaired) electrons. The molecular formula is C12H14INO5S. The maximum Gasteiger partial charge on any atom is 0.326 e. The Balaban J connectivity index is 2.35. The van der Waals surface area contributed by atoms with Gasteiger partial charge in [0.05, 0.1) is 25.2 Å². The highest BCUT2D eigenvalue weighted by molar-refractivity contribution is 14.1. The van der Waals surface area contributed by atoms with E-state index in [-0.39, 0.29) is 24.7 Å². The Kier molecular flexibility index (Phi) is 4.99. The lowest BCUT2D eigenvalue weighted by Gasteiger charge is -2.32. The number of rotatable bonds is 3. The number of morpholine rings is 1. The van der Waals surface area contributed by atoms with E-state index in [1.54, 1.807) is 12.1 Å². The molecule has 0 N–H and O–H groups in total. The minimum absolute atomic E-state index is 0.0102. The van der Waals surface area contributed by atoms with Crippen molar-refractivity contribution < 1.29 is 22.7 Å². The zero-order valence-electron chi connectivity index (χ0n) is 10.8. The molecule has 1 saturated heterocycles. The van der Waals surface area contributed by atoms with Crippen LogP contribution in [0.2, 0.25) is 0 Å². The number of halogens is 1. The van der Waals surface area contributed by atoms with Gasteiger partial charge in [-0.2, -0.15) is 4.31 Å². The van der Waals surface area contributed by atoms with Crippen molar-refractivity contribution in [3.8, 4) is 0 Å². The van der Waals surface area contributed by atoms with Crippen molar-refractivity contribution in [1.82, 2.24) is 4.31 Å². The van der Waals surface area contributed by atoms with Crippen molar-refractivity contribution in [3.63, 3.8) is 0 Å². The predicted octanol–water partition coefficient (Wildman–Crippen LogP) is 0.854. The van der Waals surface area contributed by atoms with Crippen LogP contribution >= 0.6 is 22.6 Å². The van der Waals surface area contributed by atoms with E-state index in [1.165, 1.54) is 19.2 Å². The van der Waals surface area contributed by atoms with Gasteiger partial charge >= 0.3 is 5.97 Å². The molecule has 1 aromatic carbocycles. The van der Waals surface area contributed by atoms with E-state index in [0.29, 0.717) is 0 Å². The monoisotopic (exact) mass is 411 g/mol. The summed E-state index contributed by atoms with van der Waals surface area (Å²) in [4.78, 5) is 11.9. The van der Waals surface area contributed by atoms with E-state index in [4.69, 9.17) is 4.74 Å². The second kappa shape index (κ2) is 6.37. The first-order valence-electron chi connectivity index (χ1n) is 5.90. The predicted molar refractivity (Wildman–Crippen MR) is 79.7 cm³/mol. The van der Waals surface area contributed by atoms with Crippen LogP contribution < -0.4 is 0 Å². The molecule has 1 fully saturated rings. The fourth-order valence-electron chi connectivity index (χ4n) is 1.94. The van der Waals surface area contributed by atoms with Crippen LogP contribution in [0.25, 0.3) is 0 Å². The largest absolute Gasteiger partial charge is 0.468 e. The maximum absolute atomic E-state index is 12.6. The molecule has 1 heterocycles. The van der Waals surface area contributed by atoms with Gasteiger partial charge in [-0.05, 0) is 46.9 Å². The molecule has 2 rings (SSSR count). The van der Waals surface area contributed by atoms with Gasteiger partial charge in [-0.1, -0.05) is 0 Å². The van der Waals surface area contributed by atoms with Gasteiger partial charge in [0.15, 0.2) is 0 Å². The molecule has 6 nitrogen and oxygen atoms in total. The number of carbonyl (C=O) groups excluding carboxylic acids is 1. The third-order valence-electron chi connectivity index (χ3n) is 2.97. The number of benzene rings is 1. The molecule has 20 heavy (non-hydrogen) atoms. The van der Waals surface area contributed by atoms with Gasteiger partial charge in [-0.25, -0.2) is 8.42 Å². The molecule has 0 aromatic heterocycles. The molecular weight excluding hydrogens is 397 g/mol. The molecule has 0 saturated carbocycles. The molecule has 8 heteroatoms. The molecule has 1 aliphatic rings. The summed E-state index contributed by atoms with van der Waals surface area (Å²) in [5.74, 6) is -0.612. The van der Waals surface area contributed by atoms with Gasteiger partial charge in [0.2, 0.25) is 10.0 Å². The summed E-state index contributed by atoms with van der Waals surface area (Å²) in [6, 6.07) is 5.54. The van der Waals surface area contributed by atoms with Gasteiger partial charge in [0.25, 0.3) is 0 Å². The minimum Gasteiger partial charge on any atom is -0.468 e. The van der Waals surface area contributed by atoms with E-state index in [9.17, 15) is 13.2 Å². The molecule has 110 valence electrons. The van der Waals surface area contributed by atoms with E-state index in [1.807, 2.05) is 0 Å². The average Bonchev–Trinajstić information content (AvgIpc) is 2.47. The van der Waals surface area contributed by atoms with Crippen molar-refractivity contribution in [2.75, 3.05) is 26.9 Å². The van der Waals surface area contributed by atoms with Crippen LogP contribution in [0.1, 0.15) is 0 Å². The molecule has 1 unspecified atom stereocenters. The molecule has 1 aliphatic heterocycles. The number of hydrogen-bond donors (Lipinski definition) is 0. The zero-order chi connectivity index (χ0) is 14.8. The lowest BCUT2D eigenvalue weighted by atomic mass is 10.3. The SMILES string of the molecule is COC(=O)C1COCCN1S(=O)(=O)c1ccc(I)cc1. The van der Waals surface area contributed by atoms with Gasteiger partial charge < -0.3 is 9.47 Å². The lowest BCUT2D eigenvalue weighted by molar-refractivity contribution is -0.149. The fraction of sp³-hybridized carbons (Fsp3) is 0.417. The number of methoxy groups -OCH3 is 1. The van der Waals surface area contributed by atoms with Crippen LogP contribution in [0.5, 0.6) is 0 Å². The van der Waals surface area contributed by atoms with Crippen LogP contribution in [0.4, 0.5) is 0 Å². The first-order chi connectivity index (χ1) is 9.46. The summed E-state index contributed by atoms with van der Waals surface area (Å²) in [6.07, 6.45) is 0. The van der Waals surface area contributed by atoms with Crippen LogP contribution in [-0.2, 0) is 24.3 Å². The first kappa shape index (κ1) is 15.7. The van der Waals surface area contributed by atoms with Crippen molar-refractivity contribution in [3.05, 3.63) is 27.8 Å².